The Morgan fingerprint density at radius 1 is 0.593 bits per heavy atom. The number of rotatable bonds is 9. The van der Waals surface area contributed by atoms with E-state index in [1.54, 1.807) is 0 Å². The van der Waals surface area contributed by atoms with E-state index in [0.717, 1.165) is 24.3 Å². The number of aromatic hydroxyl groups is 4. The molecule has 0 aliphatic carbocycles. The van der Waals surface area contributed by atoms with Crippen molar-refractivity contribution in [1.82, 2.24) is 0 Å². The second-order valence-corrected chi connectivity index (χ2v) is 13.1. The van der Waals surface area contributed by atoms with Gasteiger partial charge in [0.25, 0.3) is 0 Å². The number of ether oxygens (including phenoxy) is 6. The zero-order valence-electron chi connectivity index (χ0n) is 28.0. The standard InChI is InChI=1S/C33H40O21/c1-9-19(38)23(42)26(45)31(50-9)48-7-16-20(39)24(43)27(46)32(52-16)49-8-17-21(40)25(44)28(47)33(53-17)54-30-22(41)18-14(37)5-11(34)6-15(18)51-29(30)10-2-3-12(35)13(36)4-10/h2-6,9,16-17,19-21,23-28,31-40,42-47H,7-8H2,1H3/t9?,16?,17?,19-,20+,21+,23?,24-,25-,26-,27?,28?,31+,32+,33-/m0/s1. The SMILES string of the molecule is CC1O[C@@H](OCC2O[C@@H](OCC3O[C@@H](Oc4c(-c5ccc(O)c(O)c5)oc5cc(O)cc(O)c5c4=O)C(O)[C@@H](O)[C@@H]3O)C(O)[C@@H](O)[C@@H]2O)[C@@H](O)C(O)[C@H]1O. The van der Waals surface area contributed by atoms with Crippen LogP contribution in [0.15, 0.2) is 39.5 Å². The van der Waals surface area contributed by atoms with Crippen molar-refractivity contribution < 1.29 is 99.2 Å². The van der Waals surface area contributed by atoms with E-state index < -0.39 is 151 Å². The summed E-state index contributed by atoms with van der Waals surface area (Å²) in [4.78, 5) is 13.7. The lowest BCUT2D eigenvalue weighted by atomic mass is 9.98. The highest BCUT2D eigenvalue weighted by molar-refractivity contribution is 5.88. The molecule has 0 radical (unpaired) electrons. The summed E-state index contributed by atoms with van der Waals surface area (Å²) >= 11 is 0. The number of hydrogen-bond donors (Lipinski definition) is 13. The number of phenolic OH excluding ortho intramolecular Hbond substituents is 4. The molecule has 3 aliphatic heterocycles. The van der Waals surface area contributed by atoms with Gasteiger partial charge < -0.3 is 99.2 Å². The maximum absolute atomic E-state index is 13.7. The highest BCUT2D eigenvalue weighted by atomic mass is 16.7. The van der Waals surface area contributed by atoms with Gasteiger partial charge in [-0.1, -0.05) is 0 Å². The maximum atomic E-state index is 13.7. The van der Waals surface area contributed by atoms with Crippen molar-refractivity contribution in [1.29, 1.82) is 0 Å². The summed E-state index contributed by atoms with van der Waals surface area (Å²) in [6.07, 6.45) is -25.6. The minimum absolute atomic E-state index is 0.0801. The van der Waals surface area contributed by atoms with Crippen LogP contribution >= 0.6 is 0 Å². The maximum Gasteiger partial charge on any atom is 0.239 e. The first-order chi connectivity index (χ1) is 25.5. The second kappa shape index (κ2) is 15.7. The van der Waals surface area contributed by atoms with Crippen LogP contribution in [0.1, 0.15) is 6.92 Å². The van der Waals surface area contributed by atoms with Crippen LogP contribution in [-0.2, 0) is 23.7 Å². The topological polar surface area (TPSA) is 349 Å². The summed E-state index contributed by atoms with van der Waals surface area (Å²) in [5.74, 6) is -3.60. The molecule has 0 bridgehead atoms. The molecule has 15 atom stereocenters. The lowest BCUT2D eigenvalue weighted by Gasteiger charge is -2.43. The molecule has 3 saturated heterocycles. The van der Waals surface area contributed by atoms with E-state index in [2.05, 4.69) is 0 Å². The highest BCUT2D eigenvalue weighted by Crippen LogP contribution is 2.39. The van der Waals surface area contributed by atoms with Crippen LogP contribution in [0.5, 0.6) is 28.7 Å². The average Bonchev–Trinajstić information content (AvgIpc) is 3.13. The smallest absolute Gasteiger partial charge is 0.239 e. The van der Waals surface area contributed by atoms with Gasteiger partial charge in [0.05, 0.1) is 19.3 Å². The molecule has 0 spiro atoms. The van der Waals surface area contributed by atoms with Crippen LogP contribution in [0, 0.1) is 0 Å². The fourth-order valence-electron chi connectivity index (χ4n) is 6.22. The fraction of sp³-hybridized carbons (Fsp3) is 0.545. The third kappa shape index (κ3) is 7.52. The van der Waals surface area contributed by atoms with Gasteiger partial charge in [-0.25, -0.2) is 0 Å². The van der Waals surface area contributed by atoms with Crippen LogP contribution in [0.4, 0.5) is 0 Å². The first kappa shape index (κ1) is 39.8. The van der Waals surface area contributed by atoms with E-state index in [4.69, 9.17) is 32.8 Å². The summed E-state index contributed by atoms with van der Waals surface area (Å²) in [6, 6.07) is 5.09. The minimum Gasteiger partial charge on any atom is -0.508 e. The minimum atomic E-state index is -2.06. The van der Waals surface area contributed by atoms with Gasteiger partial charge in [-0.2, -0.15) is 0 Å². The first-order valence-electron chi connectivity index (χ1n) is 16.5. The predicted molar refractivity (Wildman–Crippen MR) is 173 cm³/mol. The molecule has 3 fully saturated rings. The number of aliphatic hydroxyl groups is 9. The largest absolute Gasteiger partial charge is 0.508 e. The number of benzene rings is 2. The van der Waals surface area contributed by atoms with Gasteiger partial charge in [0, 0.05) is 17.7 Å². The molecule has 0 saturated carbocycles. The second-order valence-electron chi connectivity index (χ2n) is 13.1. The lowest BCUT2D eigenvalue weighted by molar-refractivity contribution is -0.337. The van der Waals surface area contributed by atoms with Gasteiger partial charge in [-0.3, -0.25) is 4.79 Å². The van der Waals surface area contributed by atoms with E-state index in [0.29, 0.717) is 0 Å². The quantitative estimate of drug-likeness (QED) is 0.0925. The van der Waals surface area contributed by atoms with E-state index >= 15 is 0 Å². The van der Waals surface area contributed by atoms with Crippen molar-refractivity contribution in [2.45, 2.75) is 99.0 Å². The monoisotopic (exact) mass is 772 g/mol. The molecule has 3 aliphatic rings. The molecular weight excluding hydrogens is 732 g/mol. The van der Waals surface area contributed by atoms with Crippen molar-refractivity contribution in [3.8, 4) is 40.1 Å². The molecule has 6 rings (SSSR count). The first-order valence-corrected chi connectivity index (χ1v) is 16.5. The van der Waals surface area contributed by atoms with Gasteiger partial charge >= 0.3 is 0 Å². The Labute approximate surface area is 303 Å². The molecule has 298 valence electrons. The van der Waals surface area contributed by atoms with Gasteiger partial charge in [0.2, 0.25) is 17.5 Å². The Balaban J connectivity index is 1.20. The van der Waals surface area contributed by atoms with Crippen LogP contribution in [0.25, 0.3) is 22.3 Å². The number of aliphatic hydroxyl groups excluding tert-OH is 9. The molecule has 2 aromatic carbocycles. The number of phenols is 4. The Bertz CT molecular complexity index is 1850. The predicted octanol–water partition coefficient (Wildman–Crippen LogP) is -3.86. The van der Waals surface area contributed by atoms with Crippen molar-refractivity contribution in [3.05, 3.63) is 40.6 Å². The Kier molecular flexibility index (Phi) is 11.5. The normalized spacial score (nSPS) is 37.3. The van der Waals surface area contributed by atoms with Gasteiger partial charge in [0.1, 0.15) is 89.6 Å². The van der Waals surface area contributed by atoms with E-state index in [1.165, 1.54) is 13.0 Å². The third-order valence-electron chi connectivity index (χ3n) is 9.38. The van der Waals surface area contributed by atoms with Gasteiger partial charge in [0.15, 0.2) is 29.8 Å². The molecular formula is C33H40O21. The summed E-state index contributed by atoms with van der Waals surface area (Å²) in [5, 5.41) is 134. The lowest BCUT2D eigenvalue weighted by Crippen LogP contribution is -2.62. The van der Waals surface area contributed by atoms with Crippen LogP contribution < -0.4 is 10.2 Å². The van der Waals surface area contributed by atoms with Crippen LogP contribution in [-0.4, -0.2) is 172 Å². The van der Waals surface area contributed by atoms with Crippen molar-refractivity contribution in [2.24, 2.45) is 0 Å². The van der Waals surface area contributed by atoms with E-state index in [-0.39, 0.29) is 11.1 Å². The van der Waals surface area contributed by atoms with E-state index in [1.807, 2.05) is 0 Å². The zero-order valence-corrected chi connectivity index (χ0v) is 28.0. The third-order valence-corrected chi connectivity index (χ3v) is 9.38. The molecule has 3 aromatic rings. The Hall–Kier alpha value is -3.91. The van der Waals surface area contributed by atoms with Crippen molar-refractivity contribution in [3.63, 3.8) is 0 Å². The summed E-state index contributed by atoms with van der Waals surface area (Å²) < 4.78 is 39.0. The molecule has 6 unspecified atom stereocenters. The summed E-state index contributed by atoms with van der Waals surface area (Å²) in [6.45, 7) is 0.0455. The van der Waals surface area contributed by atoms with Gasteiger partial charge in [-0.05, 0) is 25.1 Å². The molecule has 1 aromatic heterocycles. The Morgan fingerprint density at radius 2 is 1.13 bits per heavy atom. The molecule has 21 heteroatoms. The van der Waals surface area contributed by atoms with E-state index in [9.17, 15) is 71.2 Å². The van der Waals surface area contributed by atoms with Gasteiger partial charge in [-0.15, -0.1) is 0 Å². The van der Waals surface area contributed by atoms with Crippen molar-refractivity contribution >= 4 is 11.0 Å². The molecule has 54 heavy (non-hydrogen) atoms. The van der Waals surface area contributed by atoms with Crippen molar-refractivity contribution in [2.75, 3.05) is 13.2 Å². The molecule has 13 N–H and O–H groups in total. The summed E-state index contributed by atoms with van der Waals surface area (Å²) in [7, 11) is 0. The molecule has 4 heterocycles. The average molecular weight is 773 g/mol. The molecule has 0 amide bonds. The molecule has 21 nitrogen and oxygen atoms in total. The zero-order chi connectivity index (χ0) is 39.3. The highest BCUT2D eigenvalue weighted by Gasteiger charge is 2.49. The fourth-order valence-corrected chi connectivity index (χ4v) is 6.22. The Morgan fingerprint density at radius 3 is 1.72 bits per heavy atom. The van der Waals surface area contributed by atoms with Crippen LogP contribution in [0.3, 0.4) is 0 Å². The summed E-state index contributed by atoms with van der Waals surface area (Å²) in [5.41, 5.74) is -1.50. The number of fused-ring (bicyclic) bond motifs is 1. The van der Waals surface area contributed by atoms with Crippen LogP contribution in [0.2, 0.25) is 0 Å². The number of hydrogen-bond acceptors (Lipinski definition) is 21.